The van der Waals surface area contributed by atoms with Gasteiger partial charge in [-0.2, -0.15) is 0 Å². The van der Waals surface area contributed by atoms with Crippen LogP contribution in [0.25, 0.3) is 0 Å². The molecule has 0 aliphatic carbocycles. The number of carbonyl (C=O) groups excluding carboxylic acids is 3. The van der Waals surface area contributed by atoms with E-state index < -0.39 is 0 Å². The third kappa shape index (κ3) is 5.09. The van der Waals surface area contributed by atoms with E-state index in [9.17, 15) is 14.4 Å². The summed E-state index contributed by atoms with van der Waals surface area (Å²) in [4.78, 5) is 35.2. The van der Waals surface area contributed by atoms with Gasteiger partial charge < -0.3 is 16.0 Å². The van der Waals surface area contributed by atoms with E-state index in [2.05, 4.69) is 16.0 Å². The van der Waals surface area contributed by atoms with Gasteiger partial charge in [0.1, 0.15) is 0 Å². The number of carbonyl (C=O) groups is 3. The molecule has 0 saturated carbocycles. The number of rotatable bonds is 4. The summed E-state index contributed by atoms with van der Waals surface area (Å²) < 4.78 is 0. The van der Waals surface area contributed by atoms with E-state index in [0.29, 0.717) is 24.1 Å². The van der Waals surface area contributed by atoms with Crippen molar-refractivity contribution >= 4 is 17.7 Å². The Kier molecular flexibility index (Phi) is 5.03. The van der Waals surface area contributed by atoms with Crippen LogP contribution in [-0.2, 0) is 4.79 Å². The van der Waals surface area contributed by atoms with Crippen LogP contribution in [0, 0.1) is 0 Å². The molecule has 0 radical (unpaired) electrons. The molecule has 0 bridgehead atoms. The summed E-state index contributed by atoms with van der Waals surface area (Å²) in [5.41, 5.74) is 0.694. The van der Waals surface area contributed by atoms with E-state index in [4.69, 9.17) is 0 Å². The zero-order chi connectivity index (χ0) is 17.0. The van der Waals surface area contributed by atoms with Gasteiger partial charge in [0, 0.05) is 35.7 Å². The Hall–Kier alpha value is -2.37. The first kappa shape index (κ1) is 17.0. The fourth-order valence-electron chi connectivity index (χ4n) is 2.33. The second-order valence-corrected chi connectivity index (χ2v) is 6.79. The smallest absolute Gasteiger partial charge is 0.251 e. The Bertz CT molecular complexity index is 603. The van der Waals surface area contributed by atoms with Crippen molar-refractivity contribution in [1.29, 1.82) is 0 Å². The molecule has 1 aromatic carbocycles. The van der Waals surface area contributed by atoms with E-state index in [-0.39, 0.29) is 29.3 Å². The lowest BCUT2D eigenvalue weighted by Gasteiger charge is -2.20. The first-order valence-corrected chi connectivity index (χ1v) is 7.75. The lowest BCUT2D eigenvalue weighted by Crippen LogP contribution is -2.40. The van der Waals surface area contributed by atoms with Crippen LogP contribution >= 0.6 is 0 Å². The Morgan fingerprint density at radius 3 is 2.17 bits per heavy atom. The molecule has 124 valence electrons. The number of hydrogen-bond acceptors (Lipinski definition) is 3. The molecule has 1 aromatic rings. The van der Waals surface area contributed by atoms with E-state index >= 15 is 0 Å². The lowest BCUT2D eigenvalue weighted by molar-refractivity contribution is -0.119. The minimum absolute atomic E-state index is 0.00304. The van der Waals surface area contributed by atoms with Gasteiger partial charge in [-0.25, -0.2) is 0 Å². The molecule has 1 saturated heterocycles. The molecule has 1 fully saturated rings. The van der Waals surface area contributed by atoms with Crippen LogP contribution in [-0.4, -0.2) is 35.8 Å². The van der Waals surface area contributed by atoms with Gasteiger partial charge in [0.15, 0.2) is 0 Å². The van der Waals surface area contributed by atoms with Crippen LogP contribution in [0.4, 0.5) is 0 Å². The average Bonchev–Trinajstić information content (AvgIpc) is 2.89. The Morgan fingerprint density at radius 1 is 1.13 bits per heavy atom. The summed E-state index contributed by atoms with van der Waals surface area (Å²) in [5, 5.41) is 8.46. The highest BCUT2D eigenvalue weighted by atomic mass is 16.2. The molecule has 0 spiro atoms. The van der Waals surface area contributed by atoms with Gasteiger partial charge in [-0.05, 0) is 51.5 Å². The van der Waals surface area contributed by atoms with Gasteiger partial charge >= 0.3 is 0 Å². The highest BCUT2D eigenvalue weighted by Crippen LogP contribution is 2.08. The van der Waals surface area contributed by atoms with Crippen LogP contribution in [0.3, 0.4) is 0 Å². The van der Waals surface area contributed by atoms with E-state index in [1.807, 2.05) is 20.8 Å². The SMILES string of the molecule is CC(C)(C)NC(=O)c1ccc(C(=O)NC[C@H]2CCC(=O)N2)cc1. The highest BCUT2D eigenvalue weighted by molar-refractivity contribution is 5.98. The van der Waals surface area contributed by atoms with Gasteiger partial charge in [-0.3, -0.25) is 14.4 Å². The third-order valence-corrected chi connectivity index (χ3v) is 3.49. The Morgan fingerprint density at radius 2 is 1.70 bits per heavy atom. The van der Waals surface area contributed by atoms with Crippen LogP contribution in [0.1, 0.15) is 54.3 Å². The number of nitrogens with one attached hydrogen (secondary N) is 3. The third-order valence-electron chi connectivity index (χ3n) is 3.49. The molecule has 1 heterocycles. The van der Waals surface area contributed by atoms with Crippen molar-refractivity contribution in [1.82, 2.24) is 16.0 Å². The predicted molar refractivity (Wildman–Crippen MR) is 87.2 cm³/mol. The van der Waals surface area contributed by atoms with Crippen molar-refractivity contribution in [2.45, 2.75) is 45.2 Å². The zero-order valence-electron chi connectivity index (χ0n) is 13.7. The van der Waals surface area contributed by atoms with E-state index in [1.165, 1.54) is 0 Å². The first-order valence-electron chi connectivity index (χ1n) is 7.75. The van der Waals surface area contributed by atoms with Gasteiger partial charge in [-0.1, -0.05) is 0 Å². The summed E-state index contributed by atoms with van der Waals surface area (Å²) in [7, 11) is 0. The maximum atomic E-state index is 12.1. The Balaban J connectivity index is 1.89. The molecule has 23 heavy (non-hydrogen) atoms. The van der Waals surface area contributed by atoms with Crippen molar-refractivity contribution < 1.29 is 14.4 Å². The largest absolute Gasteiger partial charge is 0.352 e. The standard InChI is InChI=1S/C17H23N3O3/c1-17(2,3)20-16(23)12-6-4-11(5-7-12)15(22)18-10-13-8-9-14(21)19-13/h4-7,13H,8-10H2,1-3H3,(H,18,22)(H,19,21)(H,20,23)/t13-/m1/s1. The number of amides is 3. The van der Waals surface area contributed by atoms with Crippen molar-refractivity contribution in [3.63, 3.8) is 0 Å². The molecule has 6 heteroatoms. The molecule has 1 aliphatic rings. The second-order valence-electron chi connectivity index (χ2n) is 6.79. The topological polar surface area (TPSA) is 87.3 Å². The molecule has 6 nitrogen and oxygen atoms in total. The molecule has 3 N–H and O–H groups in total. The van der Waals surface area contributed by atoms with Gasteiger partial charge in [-0.15, -0.1) is 0 Å². The molecular formula is C17H23N3O3. The van der Waals surface area contributed by atoms with Crippen LogP contribution in [0.15, 0.2) is 24.3 Å². The molecule has 1 atom stereocenters. The number of hydrogen-bond donors (Lipinski definition) is 3. The van der Waals surface area contributed by atoms with Crippen molar-refractivity contribution in [2.24, 2.45) is 0 Å². The first-order chi connectivity index (χ1) is 10.7. The summed E-state index contributed by atoms with van der Waals surface area (Å²) in [6.45, 7) is 6.15. The van der Waals surface area contributed by atoms with Crippen LogP contribution in [0.2, 0.25) is 0 Å². The van der Waals surface area contributed by atoms with Gasteiger partial charge in [0.2, 0.25) is 5.91 Å². The summed E-state index contributed by atoms with van der Waals surface area (Å²) in [6.07, 6.45) is 1.25. The maximum Gasteiger partial charge on any atom is 0.251 e. The lowest BCUT2D eigenvalue weighted by atomic mass is 10.1. The predicted octanol–water partition coefficient (Wildman–Crippen LogP) is 1.22. The normalized spacial score (nSPS) is 17.5. The molecule has 0 unspecified atom stereocenters. The fourth-order valence-corrected chi connectivity index (χ4v) is 2.33. The monoisotopic (exact) mass is 317 g/mol. The Labute approximate surface area is 136 Å². The van der Waals surface area contributed by atoms with Crippen molar-refractivity contribution in [3.8, 4) is 0 Å². The minimum Gasteiger partial charge on any atom is -0.352 e. The van der Waals surface area contributed by atoms with Crippen LogP contribution < -0.4 is 16.0 Å². The summed E-state index contributed by atoms with van der Waals surface area (Å²) in [5.74, 6) is -0.356. The summed E-state index contributed by atoms with van der Waals surface area (Å²) in [6, 6.07) is 6.52. The second kappa shape index (κ2) is 6.81. The quantitative estimate of drug-likeness (QED) is 0.780. The zero-order valence-corrected chi connectivity index (χ0v) is 13.7. The van der Waals surface area contributed by atoms with Crippen molar-refractivity contribution in [3.05, 3.63) is 35.4 Å². The number of benzene rings is 1. The van der Waals surface area contributed by atoms with Gasteiger partial charge in [0.25, 0.3) is 11.8 Å². The summed E-state index contributed by atoms with van der Waals surface area (Å²) >= 11 is 0. The maximum absolute atomic E-state index is 12.1. The average molecular weight is 317 g/mol. The minimum atomic E-state index is -0.307. The van der Waals surface area contributed by atoms with Gasteiger partial charge in [0.05, 0.1) is 0 Å². The molecule has 3 amide bonds. The molecule has 1 aliphatic heterocycles. The van der Waals surface area contributed by atoms with E-state index in [1.54, 1.807) is 24.3 Å². The highest BCUT2D eigenvalue weighted by Gasteiger charge is 2.21. The van der Waals surface area contributed by atoms with Crippen molar-refractivity contribution in [2.75, 3.05) is 6.54 Å². The molecular weight excluding hydrogens is 294 g/mol. The fraction of sp³-hybridized carbons (Fsp3) is 0.471. The molecule has 2 rings (SSSR count). The van der Waals surface area contributed by atoms with Crippen LogP contribution in [0.5, 0.6) is 0 Å². The van der Waals surface area contributed by atoms with E-state index in [0.717, 1.165) is 6.42 Å². The molecule has 0 aromatic heterocycles.